The first kappa shape index (κ1) is 15.4. The molecule has 0 aromatic rings. The largest absolute Gasteiger partial charge is 0.316 e. The van der Waals surface area contributed by atoms with Crippen LogP contribution in [0.2, 0.25) is 0 Å². The molecule has 0 rings (SSSR count). The number of nitrogens with zero attached hydrogens (tertiary/aromatic N) is 1. The molecule has 1 N–H and O–H groups in total. The summed E-state index contributed by atoms with van der Waals surface area (Å²) < 4.78 is 0. The predicted octanol–water partition coefficient (Wildman–Crippen LogP) is 3.73. The Bertz CT molecular complexity index is 203. The maximum absolute atomic E-state index is 8.89. The minimum Gasteiger partial charge on any atom is -0.316 e. The zero-order valence-corrected chi connectivity index (χ0v) is 11.5. The van der Waals surface area contributed by atoms with Gasteiger partial charge in [-0.3, -0.25) is 0 Å². The first-order valence-corrected chi connectivity index (χ1v) is 6.67. The molecule has 0 saturated carbocycles. The Morgan fingerprint density at radius 2 is 2.00 bits per heavy atom. The van der Waals surface area contributed by atoms with Crippen LogP contribution in [0.5, 0.6) is 0 Å². The van der Waals surface area contributed by atoms with Crippen molar-refractivity contribution in [1.29, 1.82) is 5.26 Å². The van der Waals surface area contributed by atoms with Gasteiger partial charge in [-0.05, 0) is 45.7 Å². The summed E-state index contributed by atoms with van der Waals surface area (Å²) in [4.78, 5) is 0. The van der Waals surface area contributed by atoms with E-state index in [-0.39, 0.29) is 5.41 Å². The normalized spacial score (nSPS) is 13.4. The lowest BCUT2D eigenvalue weighted by atomic mass is 9.91. The molecule has 2 nitrogen and oxygen atoms in total. The van der Waals surface area contributed by atoms with Crippen molar-refractivity contribution < 1.29 is 0 Å². The Morgan fingerprint density at radius 1 is 1.31 bits per heavy atom. The van der Waals surface area contributed by atoms with E-state index >= 15 is 0 Å². The van der Waals surface area contributed by atoms with E-state index in [9.17, 15) is 0 Å². The lowest BCUT2D eigenvalue weighted by Crippen LogP contribution is -2.26. The fraction of sp³-hybridized carbons (Fsp3) is 0.929. The molecule has 0 aliphatic heterocycles. The molecule has 1 atom stereocenters. The molecule has 0 aromatic carbocycles. The van der Waals surface area contributed by atoms with Crippen LogP contribution in [-0.4, -0.2) is 13.1 Å². The SMILES string of the molecule is CCCCC(CC)CNCCC(C)(C)C#N. The Labute approximate surface area is 101 Å². The third-order valence-corrected chi connectivity index (χ3v) is 3.21. The van der Waals surface area contributed by atoms with E-state index in [1.54, 1.807) is 0 Å². The average Bonchev–Trinajstić information content (AvgIpc) is 2.28. The Balaban J connectivity index is 3.60. The Morgan fingerprint density at radius 3 is 2.50 bits per heavy atom. The van der Waals surface area contributed by atoms with Gasteiger partial charge in [0.25, 0.3) is 0 Å². The molecule has 0 radical (unpaired) electrons. The van der Waals surface area contributed by atoms with Gasteiger partial charge in [-0.25, -0.2) is 0 Å². The molecule has 94 valence electrons. The summed E-state index contributed by atoms with van der Waals surface area (Å²) in [6.45, 7) is 10.6. The molecular formula is C14H28N2. The van der Waals surface area contributed by atoms with Crippen LogP contribution in [0.15, 0.2) is 0 Å². The van der Waals surface area contributed by atoms with Crippen LogP contribution in [0.1, 0.15) is 59.8 Å². The van der Waals surface area contributed by atoms with Gasteiger partial charge in [0.1, 0.15) is 0 Å². The van der Waals surface area contributed by atoms with Gasteiger partial charge in [0.15, 0.2) is 0 Å². The molecule has 0 spiro atoms. The summed E-state index contributed by atoms with van der Waals surface area (Å²) in [6, 6.07) is 2.34. The summed E-state index contributed by atoms with van der Waals surface area (Å²) in [5.41, 5.74) is -0.182. The molecule has 0 heterocycles. The van der Waals surface area contributed by atoms with Crippen LogP contribution in [0, 0.1) is 22.7 Å². The van der Waals surface area contributed by atoms with Crippen molar-refractivity contribution in [2.75, 3.05) is 13.1 Å². The zero-order valence-electron chi connectivity index (χ0n) is 11.5. The van der Waals surface area contributed by atoms with Crippen molar-refractivity contribution in [1.82, 2.24) is 5.32 Å². The summed E-state index contributed by atoms with van der Waals surface area (Å²) >= 11 is 0. The lowest BCUT2D eigenvalue weighted by Gasteiger charge is -2.18. The molecular weight excluding hydrogens is 196 g/mol. The molecule has 0 amide bonds. The second-order valence-corrected chi connectivity index (χ2v) is 5.37. The monoisotopic (exact) mass is 224 g/mol. The van der Waals surface area contributed by atoms with E-state index < -0.39 is 0 Å². The first-order chi connectivity index (χ1) is 7.55. The van der Waals surface area contributed by atoms with Crippen LogP contribution in [-0.2, 0) is 0 Å². The Kier molecular flexibility index (Phi) is 8.29. The van der Waals surface area contributed by atoms with Crippen LogP contribution in [0.25, 0.3) is 0 Å². The minimum atomic E-state index is -0.182. The lowest BCUT2D eigenvalue weighted by molar-refractivity contribution is 0.386. The van der Waals surface area contributed by atoms with Crippen LogP contribution in [0.4, 0.5) is 0 Å². The summed E-state index contributed by atoms with van der Waals surface area (Å²) in [5.74, 6) is 0.810. The zero-order chi connectivity index (χ0) is 12.4. The van der Waals surface area contributed by atoms with Crippen molar-refractivity contribution in [3.05, 3.63) is 0 Å². The van der Waals surface area contributed by atoms with E-state index in [0.717, 1.165) is 25.4 Å². The highest BCUT2D eigenvalue weighted by Crippen LogP contribution is 2.17. The second-order valence-electron chi connectivity index (χ2n) is 5.37. The van der Waals surface area contributed by atoms with Crippen molar-refractivity contribution in [3.8, 4) is 6.07 Å². The van der Waals surface area contributed by atoms with Crippen LogP contribution < -0.4 is 5.32 Å². The molecule has 2 heteroatoms. The van der Waals surface area contributed by atoms with Crippen molar-refractivity contribution in [3.63, 3.8) is 0 Å². The quantitative estimate of drug-likeness (QED) is 0.606. The second kappa shape index (κ2) is 8.58. The smallest absolute Gasteiger partial charge is 0.0684 e. The van der Waals surface area contributed by atoms with Gasteiger partial charge in [-0.15, -0.1) is 0 Å². The molecule has 0 fully saturated rings. The fourth-order valence-corrected chi connectivity index (χ4v) is 1.71. The van der Waals surface area contributed by atoms with E-state index in [2.05, 4.69) is 25.2 Å². The third kappa shape index (κ3) is 7.70. The molecule has 0 saturated heterocycles. The van der Waals surface area contributed by atoms with E-state index in [1.165, 1.54) is 25.7 Å². The topological polar surface area (TPSA) is 35.8 Å². The Hall–Kier alpha value is -0.550. The van der Waals surface area contributed by atoms with E-state index in [4.69, 9.17) is 5.26 Å². The van der Waals surface area contributed by atoms with E-state index in [1.807, 2.05) is 13.8 Å². The summed E-state index contributed by atoms with van der Waals surface area (Å²) in [6.07, 6.45) is 6.16. The molecule has 1 unspecified atom stereocenters. The first-order valence-electron chi connectivity index (χ1n) is 6.67. The minimum absolute atomic E-state index is 0.182. The van der Waals surface area contributed by atoms with Crippen molar-refractivity contribution >= 4 is 0 Å². The molecule has 16 heavy (non-hydrogen) atoms. The molecule has 0 aromatic heterocycles. The van der Waals surface area contributed by atoms with Gasteiger partial charge in [-0.2, -0.15) is 5.26 Å². The highest BCUT2D eigenvalue weighted by Gasteiger charge is 2.15. The maximum atomic E-state index is 8.89. The van der Waals surface area contributed by atoms with Crippen molar-refractivity contribution in [2.24, 2.45) is 11.3 Å². The van der Waals surface area contributed by atoms with Gasteiger partial charge in [0.2, 0.25) is 0 Å². The number of hydrogen-bond acceptors (Lipinski definition) is 2. The van der Waals surface area contributed by atoms with Gasteiger partial charge in [0.05, 0.1) is 11.5 Å². The summed E-state index contributed by atoms with van der Waals surface area (Å²) in [5, 5.41) is 12.4. The number of nitriles is 1. The van der Waals surface area contributed by atoms with Crippen LogP contribution >= 0.6 is 0 Å². The number of hydrogen-bond donors (Lipinski definition) is 1. The number of nitrogens with one attached hydrogen (secondary N) is 1. The highest BCUT2D eigenvalue weighted by atomic mass is 14.9. The molecule has 0 bridgehead atoms. The van der Waals surface area contributed by atoms with Gasteiger partial charge in [-0.1, -0.05) is 33.1 Å². The average molecular weight is 224 g/mol. The van der Waals surface area contributed by atoms with Gasteiger partial charge in [0, 0.05) is 0 Å². The van der Waals surface area contributed by atoms with Crippen molar-refractivity contribution in [2.45, 2.75) is 59.8 Å². The van der Waals surface area contributed by atoms with E-state index in [0.29, 0.717) is 0 Å². The highest BCUT2D eigenvalue weighted by molar-refractivity contribution is 4.91. The van der Waals surface area contributed by atoms with Gasteiger partial charge < -0.3 is 5.32 Å². The van der Waals surface area contributed by atoms with Crippen LogP contribution in [0.3, 0.4) is 0 Å². The summed E-state index contributed by atoms with van der Waals surface area (Å²) in [7, 11) is 0. The molecule has 0 aliphatic carbocycles. The number of unbranched alkanes of at least 4 members (excludes halogenated alkanes) is 1. The maximum Gasteiger partial charge on any atom is 0.0684 e. The predicted molar refractivity (Wildman–Crippen MR) is 70.2 cm³/mol. The molecule has 0 aliphatic rings. The third-order valence-electron chi connectivity index (χ3n) is 3.21. The fourth-order valence-electron chi connectivity index (χ4n) is 1.71. The number of rotatable bonds is 9. The standard InChI is InChI=1S/C14H28N2/c1-5-7-8-13(6-2)11-16-10-9-14(3,4)12-15/h13,16H,5-11H2,1-4H3. The van der Waals surface area contributed by atoms with Gasteiger partial charge >= 0.3 is 0 Å².